The van der Waals surface area contributed by atoms with E-state index in [2.05, 4.69) is 31.9 Å². The van der Waals surface area contributed by atoms with Gasteiger partial charge in [-0.25, -0.2) is 27.2 Å². The van der Waals surface area contributed by atoms with Crippen LogP contribution in [0.15, 0.2) is 18.2 Å². The molecule has 10 nitrogen and oxygen atoms in total. The fourth-order valence-corrected chi connectivity index (χ4v) is 3.52. The van der Waals surface area contributed by atoms with Crippen LogP contribution in [0.25, 0.3) is 0 Å². The number of aromatic nitrogens is 2. The fraction of sp³-hybridized carbons (Fsp3) is 0.179. The van der Waals surface area contributed by atoms with E-state index in [9.17, 15) is 49.5 Å². The topological polar surface area (TPSA) is 160 Å². The minimum atomic E-state index is -2.00. The molecule has 0 aliphatic carbocycles. The van der Waals surface area contributed by atoms with Crippen LogP contribution >= 0.6 is 0 Å². The highest BCUT2D eigenvalue weighted by Gasteiger charge is 2.23. The summed E-state index contributed by atoms with van der Waals surface area (Å²) in [6.45, 7) is -0.123. The predicted molar refractivity (Wildman–Crippen MR) is 139 cm³/mol. The van der Waals surface area contributed by atoms with Crippen molar-refractivity contribution in [3.05, 3.63) is 87.5 Å². The number of amides is 3. The molecule has 1 aromatic carbocycles. The number of ether oxygens (including phenoxy) is 2. The number of anilines is 1. The molecule has 5 N–H and O–H groups in total. The number of hydrogen-bond donors (Lipinski definition) is 3. The Morgan fingerprint density at radius 2 is 1.15 bits per heavy atom. The maximum absolute atomic E-state index is 14.1. The largest absolute Gasteiger partial charge is 0.450 e. The summed E-state index contributed by atoms with van der Waals surface area (Å²) in [4.78, 5) is 39.8. The summed E-state index contributed by atoms with van der Waals surface area (Å²) in [5.74, 6) is -8.72. The molecule has 3 rings (SSSR count). The van der Waals surface area contributed by atoms with Crippen molar-refractivity contribution >= 4 is 23.8 Å². The molecule has 0 bridgehead atoms. The number of nitrogens with one attached hydrogen (secondary N) is 1. The van der Waals surface area contributed by atoms with Crippen molar-refractivity contribution in [3.63, 3.8) is 0 Å². The van der Waals surface area contributed by atoms with Gasteiger partial charge in [-0.3, -0.25) is 4.79 Å². The number of nitrogens with zero attached hydrogens (tertiary/aromatic N) is 2. The van der Waals surface area contributed by atoms with Gasteiger partial charge in [-0.1, -0.05) is 23.7 Å². The van der Waals surface area contributed by atoms with E-state index in [1.54, 1.807) is 0 Å². The zero-order valence-electron chi connectivity index (χ0n) is 22.8. The van der Waals surface area contributed by atoms with Crippen LogP contribution in [0, 0.1) is 70.7 Å². The minimum Gasteiger partial charge on any atom is -0.450 e. The second-order valence-electron chi connectivity index (χ2n) is 8.77. The molecule has 0 spiro atoms. The zero-order valence-corrected chi connectivity index (χ0v) is 22.8. The van der Waals surface area contributed by atoms with Gasteiger partial charge in [0.15, 0.2) is 29.4 Å². The van der Waals surface area contributed by atoms with Crippen molar-refractivity contribution in [3.8, 4) is 23.7 Å². The molecular formula is C28H17F8N5O5. The van der Waals surface area contributed by atoms with Crippen LogP contribution < -0.4 is 16.8 Å². The van der Waals surface area contributed by atoms with E-state index in [-0.39, 0.29) is 42.7 Å². The number of rotatable bonds is 8. The second-order valence-corrected chi connectivity index (χ2v) is 8.77. The Kier molecular flexibility index (Phi) is 11.4. The maximum Gasteiger partial charge on any atom is 0.405 e. The molecule has 18 heteroatoms. The lowest BCUT2D eigenvalue weighted by molar-refractivity contribution is -0.124. The number of carbonyl (C=O) groups is 3. The van der Waals surface area contributed by atoms with Gasteiger partial charge in [-0.15, -0.1) is 0 Å². The van der Waals surface area contributed by atoms with Gasteiger partial charge < -0.3 is 26.3 Å². The highest BCUT2D eigenvalue weighted by Crippen LogP contribution is 2.20. The minimum absolute atomic E-state index is 0.123. The maximum atomic E-state index is 14.1. The lowest BCUT2D eigenvalue weighted by Gasteiger charge is -2.17. The number of halogens is 8. The second kappa shape index (κ2) is 15.2. The van der Waals surface area contributed by atoms with Gasteiger partial charge in [0.25, 0.3) is 29.7 Å². The van der Waals surface area contributed by atoms with Gasteiger partial charge in [0.1, 0.15) is 11.1 Å². The SMILES string of the molecule is NC(=O)OCCCCC(OC(N)=O)C(=O)Nc1cc(C#Cc2c(F)c(F)nc(F)c2F)cc(C#Cc2c(F)c(F)nc(F)c2F)c1. The van der Waals surface area contributed by atoms with E-state index in [1.165, 1.54) is 0 Å². The molecule has 0 saturated carbocycles. The van der Waals surface area contributed by atoms with Gasteiger partial charge in [0.05, 0.1) is 6.61 Å². The smallest absolute Gasteiger partial charge is 0.405 e. The molecule has 0 radical (unpaired) electrons. The summed E-state index contributed by atoms with van der Waals surface area (Å²) in [5, 5.41) is 2.30. The Balaban J connectivity index is 2.04. The third-order valence-corrected chi connectivity index (χ3v) is 5.52. The Labute approximate surface area is 253 Å². The van der Waals surface area contributed by atoms with Crippen molar-refractivity contribution in [1.29, 1.82) is 0 Å². The first kappa shape index (κ1) is 34.6. The average molecular weight is 655 g/mol. The summed E-state index contributed by atoms with van der Waals surface area (Å²) in [7, 11) is 0. The predicted octanol–water partition coefficient (Wildman–Crippen LogP) is 4.06. The van der Waals surface area contributed by atoms with E-state index in [0.29, 0.717) is 0 Å². The van der Waals surface area contributed by atoms with Crippen molar-refractivity contribution in [2.45, 2.75) is 25.4 Å². The van der Waals surface area contributed by atoms with Crippen LogP contribution in [0.3, 0.4) is 0 Å². The Bertz CT molecular complexity index is 1680. The first-order valence-corrected chi connectivity index (χ1v) is 12.5. The normalized spacial score (nSPS) is 11.0. The third kappa shape index (κ3) is 9.05. The van der Waals surface area contributed by atoms with E-state index in [4.69, 9.17) is 16.2 Å². The van der Waals surface area contributed by atoms with Crippen LogP contribution in [0.5, 0.6) is 0 Å². The van der Waals surface area contributed by atoms with E-state index >= 15 is 0 Å². The molecule has 2 heterocycles. The highest BCUT2D eigenvalue weighted by atomic mass is 19.2. The lowest BCUT2D eigenvalue weighted by atomic mass is 10.1. The van der Waals surface area contributed by atoms with Gasteiger partial charge in [-0.2, -0.15) is 27.5 Å². The Morgan fingerprint density at radius 3 is 1.57 bits per heavy atom. The van der Waals surface area contributed by atoms with E-state index < -0.39 is 82.4 Å². The first-order chi connectivity index (χ1) is 21.7. The van der Waals surface area contributed by atoms with E-state index in [0.717, 1.165) is 18.2 Å². The number of carbonyl (C=O) groups excluding carboxylic acids is 3. The van der Waals surface area contributed by atoms with Crippen molar-refractivity contribution in [1.82, 2.24) is 9.97 Å². The molecule has 0 aliphatic heterocycles. The van der Waals surface area contributed by atoms with Crippen LogP contribution in [0.2, 0.25) is 0 Å². The van der Waals surface area contributed by atoms with Crippen LogP contribution in [0.1, 0.15) is 41.5 Å². The Hall–Kier alpha value is -5.91. The molecule has 46 heavy (non-hydrogen) atoms. The summed E-state index contributed by atoms with van der Waals surface area (Å²) < 4.78 is 120. The number of nitrogens with two attached hydrogens (primary N) is 2. The summed E-state index contributed by atoms with van der Waals surface area (Å²) in [6.07, 6.45) is -3.74. The van der Waals surface area contributed by atoms with Crippen molar-refractivity contribution < 1.29 is 59.0 Å². The van der Waals surface area contributed by atoms with Crippen molar-refractivity contribution in [2.75, 3.05) is 11.9 Å². The molecule has 240 valence electrons. The molecule has 0 saturated heterocycles. The quantitative estimate of drug-likeness (QED) is 0.143. The molecular weight excluding hydrogens is 638 g/mol. The summed E-state index contributed by atoms with van der Waals surface area (Å²) in [5.41, 5.74) is 6.31. The molecule has 1 unspecified atom stereocenters. The molecule has 3 aromatic rings. The summed E-state index contributed by atoms with van der Waals surface area (Å²) in [6, 6.07) is 3.07. The fourth-order valence-electron chi connectivity index (χ4n) is 3.52. The standard InChI is InChI=1S/C28H17F8N5O5/c29-18-15(19(30)23(34)40-22(18)33)6-4-12-9-13(5-7-16-20(31)24(35)41-25(36)21(16)32)11-14(10-12)39-26(42)17(46-28(38)44)3-1-2-8-45-27(37)43/h9-11,17H,1-3,8H2,(H2,37,43)(H2,38,44)(H,39,42). The zero-order chi connectivity index (χ0) is 34.1. The number of hydrogen-bond acceptors (Lipinski definition) is 7. The lowest BCUT2D eigenvalue weighted by Crippen LogP contribution is -2.34. The van der Waals surface area contributed by atoms with Crippen LogP contribution in [-0.4, -0.2) is 40.8 Å². The van der Waals surface area contributed by atoms with Gasteiger partial charge >= 0.3 is 12.2 Å². The van der Waals surface area contributed by atoms with Gasteiger partial charge in [-0.05, 0) is 37.5 Å². The number of unbranched alkanes of at least 4 members (excludes halogenated alkanes) is 1. The molecule has 2 aromatic heterocycles. The molecule has 0 aliphatic rings. The van der Waals surface area contributed by atoms with E-state index in [1.807, 2.05) is 11.8 Å². The number of pyridine rings is 2. The first-order valence-electron chi connectivity index (χ1n) is 12.5. The highest BCUT2D eigenvalue weighted by molar-refractivity contribution is 5.95. The Morgan fingerprint density at radius 1 is 0.696 bits per heavy atom. The number of primary amides is 2. The van der Waals surface area contributed by atoms with Gasteiger partial charge in [0, 0.05) is 16.8 Å². The number of benzene rings is 1. The molecule has 3 amide bonds. The summed E-state index contributed by atoms with van der Waals surface area (Å²) >= 11 is 0. The van der Waals surface area contributed by atoms with Crippen LogP contribution in [0.4, 0.5) is 50.4 Å². The molecule has 1 atom stereocenters. The van der Waals surface area contributed by atoms with Crippen molar-refractivity contribution in [2.24, 2.45) is 11.5 Å². The molecule has 0 fully saturated rings. The van der Waals surface area contributed by atoms with Gasteiger partial charge in [0.2, 0.25) is 0 Å². The average Bonchev–Trinajstić information content (AvgIpc) is 2.98. The third-order valence-electron chi connectivity index (χ3n) is 5.52. The van der Waals surface area contributed by atoms with Crippen LogP contribution in [-0.2, 0) is 14.3 Å². The monoisotopic (exact) mass is 655 g/mol.